The van der Waals surface area contributed by atoms with Gasteiger partial charge < -0.3 is 10.2 Å². The maximum atomic E-state index is 6.57. The molecular weight excluding hydrogens is 404 g/mol. The van der Waals surface area contributed by atoms with Crippen LogP contribution >= 0.6 is 22.9 Å². The lowest BCUT2D eigenvalue weighted by Crippen LogP contribution is -2.61. The molecule has 8 heteroatoms. The Balaban J connectivity index is 1.57. The monoisotopic (exact) mass is 430 g/mol. The first-order valence-electron chi connectivity index (χ1n) is 9.79. The Morgan fingerprint density at radius 1 is 1.17 bits per heavy atom. The van der Waals surface area contributed by atoms with Crippen molar-refractivity contribution in [1.82, 2.24) is 25.3 Å². The molecule has 0 spiro atoms. The van der Waals surface area contributed by atoms with Gasteiger partial charge in [-0.2, -0.15) is 5.10 Å². The predicted molar refractivity (Wildman–Crippen MR) is 120 cm³/mol. The van der Waals surface area contributed by atoms with E-state index in [0.717, 1.165) is 34.2 Å². The van der Waals surface area contributed by atoms with Crippen molar-refractivity contribution in [3.63, 3.8) is 0 Å². The zero-order chi connectivity index (χ0) is 20.8. The molecule has 1 aromatic carbocycles. The predicted octanol–water partition coefficient (Wildman–Crippen LogP) is 4.79. The molecule has 6 nitrogen and oxygen atoms in total. The van der Waals surface area contributed by atoms with Gasteiger partial charge in [0.15, 0.2) is 5.01 Å². The topological polar surface area (TPSA) is 58.9 Å². The number of anilines is 1. The largest absolute Gasteiger partial charge is 0.347 e. The highest BCUT2D eigenvalue weighted by atomic mass is 35.5. The van der Waals surface area contributed by atoms with E-state index >= 15 is 0 Å². The second kappa shape index (κ2) is 7.38. The van der Waals surface area contributed by atoms with Gasteiger partial charge >= 0.3 is 0 Å². The molecule has 0 saturated carbocycles. The third-order valence-corrected chi connectivity index (χ3v) is 6.74. The second-order valence-electron chi connectivity index (χ2n) is 9.07. The number of halogens is 1. The Labute approximate surface area is 180 Å². The number of aromatic nitrogens is 4. The van der Waals surface area contributed by atoms with Crippen LogP contribution in [0.1, 0.15) is 40.5 Å². The Bertz CT molecular complexity index is 979. The van der Waals surface area contributed by atoms with Crippen LogP contribution in [0.4, 0.5) is 5.13 Å². The smallest absolute Gasteiger partial charge is 0.208 e. The summed E-state index contributed by atoms with van der Waals surface area (Å²) in [7, 11) is 2.12. The zero-order valence-corrected chi connectivity index (χ0v) is 19.1. The van der Waals surface area contributed by atoms with E-state index in [1.54, 1.807) is 22.2 Å². The van der Waals surface area contributed by atoms with Gasteiger partial charge in [0.1, 0.15) is 0 Å². The molecule has 1 aliphatic heterocycles. The van der Waals surface area contributed by atoms with Gasteiger partial charge in [0.05, 0.1) is 10.7 Å². The first-order chi connectivity index (χ1) is 13.6. The third kappa shape index (κ3) is 4.32. The molecule has 1 aliphatic rings. The number of rotatable bonds is 4. The number of nitrogens with one attached hydrogen (secondary N) is 1. The minimum atomic E-state index is 0.0832. The lowest BCUT2D eigenvalue weighted by atomic mass is 9.79. The van der Waals surface area contributed by atoms with E-state index in [-0.39, 0.29) is 11.1 Å². The number of nitrogens with zero attached hydrogens (tertiary/aromatic N) is 5. The first-order valence-corrected chi connectivity index (χ1v) is 11.0. The van der Waals surface area contributed by atoms with Gasteiger partial charge in [-0.25, -0.2) is 4.68 Å². The van der Waals surface area contributed by atoms with Crippen LogP contribution in [0.5, 0.6) is 0 Å². The zero-order valence-electron chi connectivity index (χ0n) is 17.5. The Hall–Kier alpha value is -1.96. The van der Waals surface area contributed by atoms with Crippen LogP contribution in [0.3, 0.4) is 0 Å². The highest BCUT2D eigenvalue weighted by molar-refractivity contribution is 7.18. The van der Waals surface area contributed by atoms with E-state index in [1.807, 2.05) is 30.5 Å². The van der Waals surface area contributed by atoms with Crippen LogP contribution in [0, 0.1) is 0 Å². The number of hydrogen-bond acceptors (Lipinski definition) is 6. The Morgan fingerprint density at radius 2 is 1.90 bits per heavy atom. The molecule has 3 aromatic rings. The SMILES string of the molecule is CN(c1nnc(-c2ccc(-n3cccn3)cc2Cl)s1)C1CC(C)(C)NC(C)(C)C1. The standard InChI is InChI=1S/C21H27ClN6S/c1-20(2)12-15(13-21(3,4)26-20)27(5)19-25-24-18(29-19)16-8-7-14(11-17(16)22)28-10-6-9-23-28/h6-11,15,26H,12-13H2,1-5H3. The highest BCUT2D eigenvalue weighted by Crippen LogP contribution is 2.37. The van der Waals surface area contributed by atoms with Gasteiger partial charge in [-0.15, -0.1) is 10.2 Å². The van der Waals surface area contributed by atoms with E-state index < -0.39 is 0 Å². The molecule has 0 amide bonds. The maximum Gasteiger partial charge on any atom is 0.208 e. The van der Waals surface area contributed by atoms with Crippen molar-refractivity contribution in [2.24, 2.45) is 0 Å². The summed E-state index contributed by atoms with van der Waals surface area (Å²) in [6.45, 7) is 9.06. The van der Waals surface area contributed by atoms with Gasteiger partial charge in [-0.3, -0.25) is 0 Å². The quantitative estimate of drug-likeness (QED) is 0.644. The molecule has 1 fully saturated rings. The summed E-state index contributed by atoms with van der Waals surface area (Å²) in [6, 6.07) is 8.18. The molecular formula is C21H27ClN6S. The molecule has 0 bridgehead atoms. The molecule has 1 N–H and O–H groups in total. The average Bonchev–Trinajstić information content (AvgIpc) is 3.30. The fraction of sp³-hybridized carbons (Fsp3) is 0.476. The summed E-state index contributed by atoms with van der Waals surface area (Å²) in [5.74, 6) is 0. The van der Waals surface area contributed by atoms with Gasteiger partial charge in [0.25, 0.3) is 0 Å². The van der Waals surface area contributed by atoms with Gasteiger partial charge in [0, 0.05) is 42.1 Å². The van der Waals surface area contributed by atoms with Crippen LogP contribution in [0.2, 0.25) is 5.02 Å². The number of benzene rings is 1. The minimum absolute atomic E-state index is 0.0832. The van der Waals surface area contributed by atoms with Crippen LogP contribution in [-0.2, 0) is 0 Å². The number of hydrogen-bond donors (Lipinski definition) is 1. The molecule has 0 unspecified atom stereocenters. The summed E-state index contributed by atoms with van der Waals surface area (Å²) < 4.78 is 1.79. The summed E-state index contributed by atoms with van der Waals surface area (Å²) in [5, 5.41) is 19.3. The third-order valence-electron chi connectivity index (χ3n) is 5.38. The van der Waals surface area contributed by atoms with E-state index in [0.29, 0.717) is 11.1 Å². The van der Waals surface area contributed by atoms with E-state index in [2.05, 4.69) is 60.3 Å². The van der Waals surface area contributed by atoms with Crippen LogP contribution in [-0.4, -0.2) is 44.1 Å². The second-order valence-corrected chi connectivity index (χ2v) is 10.4. The molecule has 0 aliphatic carbocycles. The Morgan fingerprint density at radius 3 is 2.52 bits per heavy atom. The minimum Gasteiger partial charge on any atom is -0.347 e. The van der Waals surface area contributed by atoms with Gasteiger partial charge in [-0.05, 0) is 64.8 Å². The molecule has 3 heterocycles. The normalized spacial score (nSPS) is 18.7. The average molecular weight is 431 g/mol. The van der Waals surface area contributed by atoms with Crippen molar-refractivity contribution >= 4 is 28.1 Å². The Kier molecular flexibility index (Phi) is 5.17. The molecule has 2 aromatic heterocycles. The van der Waals surface area contributed by atoms with E-state index in [9.17, 15) is 0 Å². The fourth-order valence-electron chi connectivity index (χ4n) is 4.41. The van der Waals surface area contributed by atoms with Crippen LogP contribution in [0.15, 0.2) is 36.7 Å². The van der Waals surface area contributed by atoms with Crippen molar-refractivity contribution in [3.05, 3.63) is 41.7 Å². The summed E-state index contributed by atoms with van der Waals surface area (Å²) in [5.41, 5.74) is 1.98. The number of piperidine rings is 1. The van der Waals surface area contributed by atoms with Crippen molar-refractivity contribution in [1.29, 1.82) is 0 Å². The van der Waals surface area contributed by atoms with Crippen LogP contribution < -0.4 is 10.2 Å². The van der Waals surface area contributed by atoms with Crippen molar-refractivity contribution in [2.75, 3.05) is 11.9 Å². The summed E-state index contributed by atoms with van der Waals surface area (Å²) in [4.78, 5) is 2.28. The molecule has 1 saturated heterocycles. The molecule has 0 radical (unpaired) electrons. The van der Waals surface area contributed by atoms with Crippen molar-refractivity contribution in [3.8, 4) is 16.3 Å². The first kappa shape index (κ1) is 20.3. The lowest BCUT2D eigenvalue weighted by molar-refractivity contribution is 0.161. The molecule has 0 atom stereocenters. The highest BCUT2D eigenvalue weighted by Gasteiger charge is 2.39. The molecule has 4 rings (SSSR count). The van der Waals surface area contributed by atoms with Crippen molar-refractivity contribution < 1.29 is 0 Å². The van der Waals surface area contributed by atoms with E-state index in [4.69, 9.17) is 11.6 Å². The molecule has 29 heavy (non-hydrogen) atoms. The summed E-state index contributed by atoms with van der Waals surface area (Å²) >= 11 is 8.15. The van der Waals surface area contributed by atoms with E-state index in [1.165, 1.54) is 0 Å². The fourth-order valence-corrected chi connectivity index (χ4v) is 5.64. The van der Waals surface area contributed by atoms with Crippen molar-refractivity contribution in [2.45, 2.75) is 57.7 Å². The van der Waals surface area contributed by atoms with Gasteiger partial charge in [0.2, 0.25) is 5.13 Å². The van der Waals surface area contributed by atoms with Crippen LogP contribution in [0.25, 0.3) is 16.3 Å². The molecule has 154 valence electrons. The lowest BCUT2D eigenvalue weighted by Gasteiger charge is -2.48. The van der Waals surface area contributed by atoms with Gasteiger partial charge in [-0.1, -0.05) is 22.9 Å². The summed E-state index contributed by atoms with van der Waals surface area (Å²) in [6.07, 6.45) is 5.76. The maximum absolute atomic E-state index is 6.57.